The van der Waals surface area contributed by atoms with E-state index >= 15 is 0 Å². The molecular formula is C52H63N11O12S. The molecule has 2 aliphatic heterocycles. The number of anilines is 1. The molecule has 0 fully saturated rings. The minimum atomic E-state index is -3.55. The monoisotopic (exact) mass is 1070 g/mol. The van der Waals surface area contributed by atoms with Crippen molar-refractivity contribution in [3.8, 4) is 23.2 Å². The second-order valence-corrected chi connectivity index (χ2v) is 21.4. The quantitative estimate of drug-likeness (QED) is 0.0214. The van der Waals surface area contributed by atoms with Gasteiger partial charge in [0.25, 0.3) is 5.56 Å². The van der Waals surface area contributed by atoms with Crippen molar-refractivity contribution in [2.75, 3.05) is 31.2 Å². The van der Waals surface area contributed by atoms with Gasteiger partial charge in [-0.15, -0.1) is 0 Å². The third-order valence-electron chi connectivity index (χ3n) is 13.6. The number of unbranched alkanes of at least 4 members (excludes halogenated alkanes) is 2. The van der Waals surface area contributed by atoms with Gasteiger partial charge in [-0.05, 0) is 100 Å². The maximum atomic E-state index is 13.8. The van der Waals surface area contributed by atoms with Crippen molar-refractivity contribution in [1.82, 2.24) is 46.1 Å². The summed E-state index contributed by atoms with van der Waals surface area (Å²) >= 11 is 0. The largest absolute Gasteiger partial charge is 0.458 e. The van der Waals surface area contributed by atoms with Gasteiger partial charge in [0.05, 0.1) is 47.7 Å². The Morgan fingerprint density at radius 3 is 2.30 bits per heavy atom. The maximum Gasteiger partial charge on any atom is 0.343 e. The van der Waals surface area contributed by atoms with Crippen molar-refractivity contribution in [2.45, 2.75) is 134 Å². The number of esters is 1. The van der Waals surface area contributed by atoms with Crippen LogP contribution in [0.1, 0.15) is 112 Å². The zero-order valence-corrected chi connectivity index (χ0v) is 43.8. The van der Waals surface area contributed by atoms with Crippen LogP contribution in [0.3, 0.4) is 0 Å². The highest BCUT2D eigenvalue weighted by Gasteiger charge is 2.46. The number of nitrogens with one attached hydrogen (secondary N) is 6. The molecule has 5 heterocycles. The van der Waals surface area contributed by atoms with Crippen molar-refractivity contribution < 1.29 is 51.8 Å². The van der Waals surface area contributed by atoms with Gasteiger partial charge >= 0.3 is 5.97 Å². The molecular weight excluding hydrogens is 1000 g/mol. The number of benzene rings is 1. The zero-order chi connectivity index (χ0) is 55.1. The van der Waals surface area contributed by atoms with E-state index in [1.165, 1.54) is 19.3 Å². The fraction of sp³-hybridized carbons (Fsp3) is 0.481. The number of hydrogen-bond acceptors (Lipinski definition) is 16. The van der Waals surface area contributed by atoms with E-state index in [4.69, 9.17) is 15.5 Å². The van der Waals surface area contributed by atoms with E-state index in [1.54, 1.807) is 43.5 Å². The van der Waals surface area contributed by atoms with Crippen molar-refractivity contribution in [3.05, 3.63) is 74.3 Å². The Morgan fingerprint density at radius 1 is 0.882 bits per heavy atom. The summed E-state index contributed by atoms with van der Waals surface area (Å²) in [6.07, 6.45) is 7.75. The lowest BCUT2D eigenvalue weighted by Gasteiger charge is -2.31. The third kappa shape index (κ3) is 12.5. The van der Waals surface area contributed by atoms with E-state index in [0.717, 1.165) is 34.8 Å². The first-order valence-corrected chi connectivity index (χ1v) is 27.1. The fourth-order valence-corrected chi connectivity index (χ4v) is 9.93. The highest BCUT2D eigenvalue weighted by Crippen LogP contribution is 2.43. The lowest BCUT2D eigenvalue weighted by Crippen LogP contribution is -2.55. The number of sulfone groups is 1. The number of rotatable bonds is 21. The summed E-state index contributed by atoms with van der Waals surface area (Å²) in [6, 6.07) is 2.08. The third-order valence-corrected chi connectivity index (χ3v) is 14.4. The van der Waals surface area contributed by atoms with E-state index in [-0.39, 0.29) is 54.3 Å². The number of amides is 6. The van der Waals surface area contributed by atoms with E-state index in [0.29, 0.717) is 73.2 Å². The molecule has 0 radical (unpaired) electrons. The molecule has 4 aromatic rings. The van der Waals surface area contributed by atoms with Crippen LogP contribution in [0.5, 0.6) is 0 Å². The molecule has 3 aromatic heterocycles. The van der Waals surface area contributed by atoms with Gasteiger partial charge in [-0.3, -0.25) is 33.6 Å². The highest BCUT2D eigenvalue weighted by atomic mass is 32.2. The minimum Gasteiger partial charge on any atom is -0.458 e. The molecule has 404 valence electrons. The second kappa shape index (κ2) is 23.9. The fourth-order valence-electron chi connectivity index (χ4n) is 9.44. The van der Waals surface area contributed by atoms with Crippen molar-refractivity contribution >= 4 is 67.8 Å². The number of fused-ring (bicyclic) bond motifs is 5. The Labute approximate surface area is 438 Å². The molecule has 9 N–H and O–H groups in total. The van der Waals surface area contributed by atoms with Gasteiger partial charge in [-0.2, -0.15) is 0 Å². The summed E-state index contributed by atoms with van der Waals surface area (Å²) in [7, 11) is -3.55. The number of nitrogens with two attached hydrogens (primary N) is 1. The highest BCUT2D eigenvalue weighted by molar-refractivity contribution is 7.90. The van der Waals surface area contributed by atoms with Crippen LogP contribution in [0.4, 0.5) is 5.69 Å². The molecule has 76 heavy (non-hydrogen) atoms. The SMILES string of the molecule is CC[C@@]1(O)C(=O)OCc2c1cc1n(c2=O)Cc2c-1nc1ccc(NC(=O)[C@H](C)NC(=O)[C@@H](NC(=O)CNC(=O)CNC(=O)[C@H](CCCCN)NC(=O)CCCC#Cc3cnc(S(C)(=O)=O)nc3)C(C)C)c3c1c2CCC3. The lowest BCUT2D eigenvalue weighted by molar-refractivity contribution is -0.172. The Kier molecular flexibility index (Phi) is 17.7. The summed E-state index contributed by atoms with van der Waals surface area (Å²) in [5, 5.41) is 27.7. The first-order chi connectivity index (χ1) is 36.1. The van der Waals surface area contributed by atoms with Crippen molar-refractivity contribution in [2.24, 2.45) is 11.7 Å². The summed E-state index contributed by atoms with van der Waals surface area (Å²) in [4.78, 5) is 118. The molecule has 6 amide bonds. The summed E-state index contributed by atoms with van der Waals surface area (Å²) in [6.45, 7) is 5.89. The molecule has 3 aliphatic rings. The summed E-state index contributed by atoms with van der Waals surface area (Å²) in [5.41, 5.74) is 9.15. The number of carbonyl (C=O) groups is 7. The molecule has 23 nitrogen and oxygen atoms in total. The van der Waals surface area contributed by atoms with Gasteiger partial charge in [-0.25, -0.2) is 28.2 Å². The van der Waals surface area contributed by atoms with Crippen LogP contribution in [-0.2, 0) is 79.7 Å². The molecule has 0 bridgehead atoms. The molecule has 0 saturated heterocycles. The average Bonchev–Trinajstić information content (AvgIpc) is 3.78. The van der Waals surface area contributed by atoms with Crippen LogP contribution in [0.2, 0.25) is 0 Å². The normalized spacial score (nSPS) is 16.3. The maximum absolute atomic E-state index is 13.8. The van der Waals surface area contributed by atoms with Crippen LogP contribution >= 0.6 is 0 Å². The molecule has 1 aromatic carbocycles. The van der Waals surface area contributed by atoms with E-state index in [1.807, 2.05) is 0 Å². The van der Waals surface area contributed by atoms with E-state index < -0.39 is 94.0 Å². The predicted octanol–water partition coefficient (Wildman–Crippen LogP) is 0.414. The van der Waals surface area contributed by atoms with Crippen molar-refractivity contribution in [3.63, 3.8) is 0 Å². The molecule has 0 spiro atoms. The van der Waals surface area contributed by atoms with Gasteiger partial charge in [0, 0.05) is 53.7 Å². The number of carbonyl (C=O) groups excluding carboxylic acids is 7. The van der Waals surface area contributed by atoms with Gasteiger partial charge < -0.3 is 52.0 Å². The van der Waals surface area contributed by atoms with Crippen LogP contribution in [0.15, 0.2) is 40.5 Å². The molecule has 0 saturated carbocycles. The number of aliphatic hydroxyl groups is 1. The van der Waals surface area contributed by atoms with Crippen LogP contribution in [0.25, 0.3) is 22.3 Å². The second-order valence-electron chi connectivity index (χ2n) is 19.4. The Bertz CT molecular complexity index is 3220. The van der Waals surface area contributed by atoms with Gasteiger partial charge in [0.15, 0.2) is 5.60 Å². The Balaban J connectivity index is 0.891. The molecule has 24 heteroatoms. The lowest BCUT2D eigenvalue weighted by atomic mass is 9.85. The van der Waals surface area contributed by atoms with Crippen LogP contribution < -0.4 is 43.2 Å². The zero-order valence-electron chi connectivity index (χ0n) is 43.0. The molecule has 4 atom stereocenters. The van der Waals surface area contributed by atoms with E-state index in [9.17, 15) is 51.9 Å². The van der Waals surface area contributed by atoms with Gasteiger partial charge in [0.1, 0.15) is 24.7 Å². The number of cyclic esters (lactones) is 1. The first kappa shape index (κ1) is 56.1. The average molecular weight is 1070 g/mol. The Morgan fingerprint density at radius 2 is 1.61 bits per heavy atom. The standard InChI is InChI=1S/C52H63N11O12S/c1-6-52(72)35-21-39-45-33(26-63(39)49(70)34(35)27-75-50(52)71)31-14-12-15-32-36(18-19-37(60-45)43(31)32)61-46(67)29(4)58-48(69)44(28(2)3)62-42(66)25-54-41(65)24-55-47(68)38(16-10-11-20-53)59-40(64)17-9-7-8-13-30-22-56-51(57-23-30)76(5,73)74/h18-19,21-23,28-29,38,44,72H,6-7,9-12,14-17,20,24-27,53H2,1-5H3,(H,54,65)(H,55,68)(H,58,69)(H,59,64)(H,61,67)(H,62,66)/t29-,38-,44-,52-/m0/s1. The van der Waals surface area contributed by atoms with Crippen molar-refractivity contribution in [1.29, 1.82) is 0 Å². The topological polar surface area (TPSA) is 342 Å². The summed E-state index contributed by atoms with van der Waals surface area (Å²) in [5.74, 6) is 0.847. The number of nitrogens with zero attached hydrogens (tertiary/aromatic N) is 4. The number of ether oxygens (including phenoxy) is 1. The smallest absolute Gasteiger partial charge is 0.343 e. The minimum absolute atomic E-state index is 0.0234. The first-order valence-electron chi connectivity index (χ1n) is 25.2. The number of hydrogen-bond donors (Lipinski definition) is 8. The van der Waals surface area contributed by atoms with Gasteiger partial charge in [0.2, 0.25) is 50.4 Å². The molecule has 1 aliphatic carbocycles. The summed E-state index contributed by atoms with van der Waals surface area (Å²) < 4.78 is 29.9. The predicted molar refractivity (Wildman–Crippen MR) is 276 cm³/mol. The Hall–Kier alpha value is -7.62. The number of aryl methyl sites for hydroxylation is 2. The number of aromatic nitrogens is 4. The van der Waals surface area contributed by atoms with Crippen LogP contribution in [-0.4, -0.2) is 118 Å². The van der Waals surface area contributed by atoms with Crippen LogP contribution in [0, 0.1) is 17.8 Å². The van der Waals surface area contributed by atoms with E-state index in [2.05, 4.69) is 53.7 Å². The molecule has 0 unspecified atom stereocenters. The van der Waals surface area contributed by atoms with Gasteiger partial charge in [-0.1, -0.05) is 32.6 Å². The number of pyridine rings is 2. The molecule has 7 rings (SSSR count).